The van der Waals surface area contributed by atoms with Gasteiger partial charge in [0.05, 0.1) is 0 Å². The van der Waals surface area contributed by atoms with Gasteiger partial charge in [-0.2, -0.15) is 4.98 Å². The van der Waals surface area contributed by atoms with E-state index in [0.717, 1.165) is 31.4 Å². The number of aromatic nitrogens is 2. The summed E-state index contributed by atoms with van der Waals surface area (Å²) in [6.45, 7) is 0.765. The van der Waals surface area contributed by atoms with E-state index in [1.807, 2.05) is 24.3 Å². The van der Waals surface area contributed by atoms with E-state index in [1.165, 1.54) is 0 Å². The normalized spacial score (nSPS) is 19.9. The van der Waals surface area contributed by atoms with Crippen LogP contribution in [0.3, 0.4) is 0 Å². The van der Waals surface area contributed by atoms with Crippen molar-refractivity contribution in [2.24, 2.45) is 0 Å². The highest BCUT2D eigenvalue weighted by Crippen LogP contribution is 2.28. The third kappa shape index (κ3) is 2.22. The molecule has 0 spiro atoms. The first kappa shape index (κ1) is 11.2. The van der Waals surface area contributed by atoms with Crippen molar-refractivity contribution in [1.29, 1.82) is 0 Å². The Balaban J connectivity index is 1.84. The lowest BCUT2D eigenvalue weighted by atomic mass is 10.1. The highest BCUT2D eigenvalue weighted by Gasteiger charge is 2.22. The quantitative estimate of drug-likeness (QED) is 0.823. The van der Waals surface area contributed by atoms with Gasteiger partial charge in [-0.15, -0.1) is 0 Å². The van der Waals surface area contributed by atoms with Crippen LogP contribution in [-0.2, 0) is 4.74 Å². The first-order valence-electron chi connectivity index (χ1n) is 6.14. The lowest BCUT2D eigenvalue weighted by Crippen LogP contribution is -2.11. The summed E-state index contributed by atoms with van der Waals surface area (Å²) in [6.07, 6.45) is 3.13. The van der Waals surface area contributed by atoms with E-state index >= 15 is 0 Å². The molecular formula is C13H15N3O2. The van der Waals surface area contributed by atoms with E-state index in [1.54, 1.807) is 0 Å². The molecule has 5 heteroatoms. The average Bonchev–Trinajstić information content (AvgIpc) is 2.89. The average molecular weight is 245 g/mol. The van der Waals surface area contributed by atoms with E-state index in [2.05, 4.69) is 10.1 Å². The first-order valence-corrected chi connectivity index (χ1v) is 6.14. The molecule has 2 heterocycles. The molecule has 2 aromatic rings. The maximum atomic E-state index is 5.73. The second-order valence-corrected chi connectivity index (χ2v) is 4.44. The van der Waals surface area contributed by atoms with Gasteiger partial charge in [-0.3, -0.25) is 0 Å². The van der Waals surface area contributed by atoms with Gasteiger partial charge >= 0.3 is 0 Å². The Morgan fingerprint density at radius 2 is 2.22 bits per heavy atom. The van der Waals surface area contributed by atoms with Crippen LogP contribution in [0.25, 0.3) is 11.4 Å². The van der Waals surface area contributed by atoms with Crippen LogP contribution in [0.2, 0.25) is 0 Å². The summed E-state index contributed by atoms with van der Waals surface area (Å²) < 4.78 is 10.9. The maximum Gasteiger partial charge on any atom is 0.256 e. The summed E-state index contributed by atoms with van der Waals surface area (Å²) in [7, 11) is 0. The van der Waals surface area contributed by atoms with E-state index in [4.69, 9.17) is 15.0 Å². The number of anilines is 1. The van der Waals surface area contributed by atoms with Gasteiger partial charge < -0.3 is 15.0 Å². The predicted octanol–water partition coefficient (Wildman–Crippen LogP) is 2.56. The van der Waals surface area contributed by atoms with Gasteiger partial charge in [-0.1, -0.05) is 17.3 Å². The zero-order valence-corrected chi connectivity index (χ0v) is 10.0. The molecule has 18 heavy (non-hydrogen) atoms. The third-order valence-electron chi connectivity index (χ3n) is 3.04. The van der Waals surface area contributed by atoms with E-state index < -0.39 is 0 Å². The summed E-state index contributed by atoms with van der Waals surface area (Å²) in [4.78, 5) is 4.39. The highest BCUT2D eigenvalue weighted by molar-refractivity contribution is 5.60. The summed E-state index contributed by atoms with van der Waals surface area (Å²) in [5.74, 6) is 1.12. The van der Waals surface area contributed by atoms with Crippen molar-refractivity contribution in [2.75, 3.05) is 12.3 Å². The number of hydrogen-bond acceptors (Lipinski definition) is 5. The summed E-state index contributed by atoms with van der Waals surface area (Å²) in [5.41, 5.74) is 7.28. The molecular weight excluding hydrogens is 230 g/mol. The zero-order chi connectivity index (χ0) is 12.4. The number of nitrogen functional groups attached to an aromatic ring is 1. The number of hydrogen-bond donors (Lipinski definition) is 1. The number of ether oxygens (including phenoxy) is 1. The van der Waals surface area contributed by atoms with Crippen LogP contribution in [-0.4, -0.2) is 16.7 Å². The lowest BCUT2D eigenvalue weighted by Gasteiger charge is -2.18. The Hall–Kier alpha value is -1.88. The molecule has 3 rings (SSSR count). The molecule has 0 bridgehead atoms. The van der Waals surface area contributed by atoms with Crippen molar-refractivity contribution >= 4 is 5.69 Å². The third-order valence-corrected chi connectivity index (χ3v) is 3.04. The molecule has 94 valence electrons. The van der Waals surface area contributed by atoms with Crippen LogP contribution in [0.15, 0.2) is 28.8 Å². The van der Waals surface area contributed by atoms with Crippen LogP contribution in [0.4, 0.5) is 5.69 Å². The minimum Gasteiger partial charge on any atom is -0.399 e. The summed E-state index contributed by atoms with van der Waals surface area (Å²) >= 11 is 0. The SMILES string of the molecule is Nc1cccc(-c2noc(C3CCCCO3)n2)c1. The van der Waals surface area contributed by atoms with Crippen LogP contribution in [0, 0.1) is 0 Å². The molecule has 0 amide bonds. The Labute approximate surface area is 105 Å². The molecule has 1 fully saturated rings. The fraction of sp³-hybridized carbons (Fsp3) is 0.385. The van der Waals surface area contributed by atoms with Gasteiger partial charge in [-0.25, -0.2) is 0 Å². The largest absolute Gasteiger partial charge is 0.399 e. The molecule has 1 aliphatic rings. The summed E-state index contributed by atoms with van der Waals surface area (Å²) in [5, 5.41) is 3.98. The van der Waals surface area contributed by atoms with Crippen molar-refractivity contribution in [3.8, 4) is 11.4 Å². The van der Waals surface area contributed by atoms with E-state index in [0.29, 0.717) is 17.4 Å². The summed E-state index contributed by atoms with van der Waals surface area (Å²) in [6, 6.07) is 7.44. The van der Waals surface area contributed by atoms with Gasteiger partial charge in [0.25, 0.3) is 5.89 Å². The van der Waals surface area contributed by atoms with Crippen molar-refractivity contribution in [2.45, 2.75) is 25.4 Å². The van der Waals surface area contributed by atoms with Crippen molar-refractivity contribution in [3.05, 3.63) is 30.2 Å². The van der Waals surface area contributed by atoms with Crippen molar-refractivity contribution < 1.29 is 9.26 Å². The van der Waals surface area contributed by atoms with Crippen LogP contribution >= 0.6 is 0 Å². The van der Waals surface area contributed by atoms with Crippen LogP contribution < -0.4 is 5.73 Å². The molecule has 1 atom stereocenters. The van der Waals surface area contributed by atoms with Gasteiger partial charge in [0.2, 0.25) is 5.82 Å². The Morgan fingerprint density at radius 3 is 3.00 bits per heavy atom. The minimum absolute atomic E-state index is 0.0546. The molecule has 1 unspecified atom stereocenters. The molecule has 1 aromatic heterocycles. The molecule has 0 saturated carbocycles. The van der Waals surface area contributed by atoms with Crippen molar-refractivity contribution in [3.63, 3.8) is 0 Å². The number of rotatable bonds is 2. The monoisotopic (exact) mass is 245 g/mol. The zero-order valence-electron chi connectivity index (χ0n) is 10.0. The highest BCUT2D eigenvalue weighted by atomic mass is 16.5. The number of benzene rings is 1. The maximum absolute atomic E-state index is 5.73. The molecule has 1 aliphatic heterocycles. The number of nitrogens with zero attached hydrogens (tertiary/aromatic N) is 2. The van der Waals surface area contributed by atoms with Crippen LogP contribution in [0.1, 0.15) is 31.3 Å². The van der Waals surface area contributed by atoms with Gasteiger partial charge in [0, 0.05) is 17.9 Å². The Bertz CT molecular complexity index is 533. The van der Waals surface area contributed by atoms with E-state index in [-0.39, 0.29) is 6.10 Å². The smallest absolute Gasteiger partial charge is 0.256 e. The minimum atomic E-state index is -0.0546. The van der Waals surface area contributed by atoms with Crippen molar-refractivity contribution in [1.82, 2.24) is 10.1 Å². The lowest BCUT2D eigenvalue weighted by molar-refractivity contribution is -0.00459. The Morgan fingerprint density at radius 1 is 1.28 bits per heavy atom. The van der Waals surface area contributed by atoms with Gasteiger partial charge in [0.1, 0.15) is 6.10 Å². The fourth-order valence-electron chi connectivity index (χ4n) is 2.10. The predicted molar refractivity (Wildman–Crippen MR) is 66.7 cm³/mol. The fourth-order valence-corrected chi connectivity index (χ4v) is 2.10. The topological polar surface area (TPSA) is 74.2 Å². The second kappa shape index (κ2) is 4.78. The molecule has 0 aliphatic carbocycles. The standard InChI is InChI=1S/C13H15N3O2/c14-10-5-3-4-9(8-10)12-15-13(18-16-12)11-6-1-2-7-17-11/h3-5,8,11H,1-2,6-7,14H2. The molecule has 1 aromatic carbocycles. The molecule has 2 N–H and O–H groups in total. The molecule has 5 nitrogen and oxygen atoms in total. The van der Waals surface area contributed by atoms with E-state index in [9.17, 15) is 0 Å². The Kier molecular flexibility index (Phi) is 2.98. The van der Waals surface area contributed by atoms with Crippen LogP contribution in [0.5, 0.6) is 0 Å². The van der Waals surface area contributed by atoms with Gasteiger partial charge in [-0.05, 0) is 31.4 Å². The first-order chi connectivity index (χ1) is 8.83. The molecule has 0 radical (unpaired) electrons. The number of nitrogens with two attached hydrogens (primary N) is 1. The second-order valence-electron chi connectivity index (χ2n) is 4.44. The molecule has 1 saturated heterocycles. The van der Waals surface area contributed by atoms with Gasteiger partial charge in [0.15, 0.2) is 0 Å².